The summed E-state index contributed by atoms with van der Waals surface area (Å²) in [7, 11) is 3.14. The molecule has 1 N–H and O–H groups in total. The zero-order valence-corrected chi connectivity index (χ0v) is 8.27. The van der Waals surface area contributed by atoms with Crippen molar-refractivity contribution in [3.05, 3.63) is 12.2 Å². The molecule has 4 heteroatoms. The maximum atomic E-state index is 11.0. The van der Waals surface area contributed by atoms with Crippen LogP contribution in [0.3, 0.4) is 0 Å². The molecule has 1 fully saturated rings. The van der Waals surface area contributed by atoms with E-state index in [0.29, 0.717) is 6.42 Å². The number of carboxylic acids is 1. The summed E-state index contributed by atoms with van der Waals surface area (Å²) >= 11 is 0. The van der Waals surface area contributed by atoms with Crippen LogP contribution in [0.2, 0.25) is 0 Å². The standard InChI is InChI=1S/C10H14O4/c1-13-10(14-2)6-3-4-8(10)7(5-6)9(11)12/h3-4,6-8H,5H2,1-2H3,(H,11,12). The van der Waals surface area contributed by atoms with Gasteiger partial charge in [-0.05, 0) is 6.42 Å². The molecule has 0 aliphatic heterocycles. The monoisotopic (exact) mass is 198 g/mol. The van der Waals surface area contributed by atoms with E-state index < -0.39 is 11.8 Å². The molecule has 2 aliphatic rings. The molecule has 4 nitrogen and oxygen atoms in total. The lowest BCUT2D eigenvalue weighted by atomic mass is 9.93. The van der Waals surface area contributed by atoms with E-state index in [1.54, 1.807) is 14.2 Å². The molecule has 0 aromatic carbocycles. The van der Waals surface area contributed by atoms with Crippen LogP contribution in [-0.4, -0.2) is 31.1 Å². The van der Waals surface area contributed by atoms with Gasteiger partial charge in [-0.3, -0.25) is 4.79 Å². The van der Waals surface area contributed by atoms with E-state index in [1.165, 1.54) is 0 Å². The molecule has 0 spiro atoms. The van der Waals surface area contributed by atoms with Gasteiger partial charge in [-0.15, -0.1) is 0 Å². The van der Waals surface area contributed by atoms with Gasteiger partial charge in [0, 0.05) is 26.1 Å². The molecule has 0 heterocycles. The predicted molar refractivity (Wildman–Crippen MR) is 48.6 cm³/mol. The molecule has 0 aromatic heterocycles. The largest absolute Gasteiger partial charge is 0.481 e. The molecular weight excluding hydrogens is 184 g/mol. The number of fused-ring (bicyclic) bond motifs is 2. The fourth-order valence-electron chi connectivity index (χ4n) is 2.76. The Kier molecular flexibility index (Phi) is 2.12. The van der Waals surface area contributed by atoms with Crippen molar-refractivity contribution in [3.63, 3.8) is 0 Å². The molecule has 78 valence electrons. The van der Waals surface area contributed by atoms with E-state index in [0.717, 1.165) is 0 Å². The Balaban J connectivity index is 2.30. The smallest absolute Gasteiger partial charge is 0.307 e. The second kappa shape index (κ2) is 3.07. The topological polar surface area (TPSA) is 55.8 Å². The zero-order valence-electron chi connectivity index (χ0n) is 8.27. The molecule has 0 amide bonds. The second-order valence-corrected chi connectivity index (χ2v) is 3.83. The number of hydrogen-bond donors (Lipinski definition) is 1. The Morgan fingerprint density at radius 3 is 2.43 bits per heavy atom. The van der Waals surface area contributed by atoms with E-state index in [4.69, 9.17) is 14.6 Å². The Hall–Kier alpha value is -0.870. The van der Waals surface area contributed by atoms with Crippen molar-refractivity contribution in [3.8, 4) is 0 Å². The minimum Gasteiger partial charge on any atom is -0.481 e. The quantitative estimate of drug-likeness (QED) is 0.540. The summed E-state index contributed by atoms with van der Waals surface area (Å²) in [5.74, 6) is -1.95. The number of aliphatic carboxylic acids is 1. The van der Waals surface area contributed by atoms with Crippen LogP contribution < -0.4 is 0 Å². The van der Waals surface area contributed by atoms with Crippen molar-refractivity contribution in [1.82, 2.24) is 0 Å². The first-order valence-electron chi connectivity index (χ1n) is 4.67. The van der Waals surface area contributed by atoms with Crippen LogP contribution >= 0.6 is 0 Å². The van der Waals surface area contributed by atoms with Crippen molar-refractivity contribution in [2.45, 2.75) is 12.2 Å². The highest BCUT2D eigenvalue weighted by Crippen LogP contribution is 2.53. The second-order valence-electron chi connectivity index (χ2n) is 3.83. The fraction of sp³-hybridized carbons (Fsp3) is 0.700. The van der Waals surface area contributed by atoms with E-state index >= 15 is 0 Å². The number of ether oxygens (including phenoxy) is 2. The number of hydrogen-bond acceptors (Lipinski definition) is 3. The number of rotatable bonds is 3. The molecule has 14 heavy (non-hydrogen) atoms. The molecule has 0 saturated heterocycles. The van der Waals surface area contributed by atoms with Crippen molar-refractivity contribution >= 4 is 5.97 Å². The Bertz CT molecular complexity index is 280. The third kappa shape index (κ3) is 0.980. The molecule has 2 bridgehead atoms. The van der Waals surface area contributed by atoms with Crippen LogP contribution in [0.4, 0.5) is 0 Å². The van der Waals surface area contributed by atoms with Crippen molar-refractivity contribution in [1.29, 1.82) is 0 Å². The third-order valence-electron chi connectivity index (χ3n) is 3.43. The lowest BCUT2D eigenvalue weighted by Crippen LogP contribution is -2.41. The minimum absolute atomic E-state index is 0.0728. The van der Waals surface area contributed by atoms with Gasteiger partial charge in [0.25, 0.3) is 0 Å². The number of carbonyl (C=O) groups is 1. The summed E-state index contributed by atoms with van der Waals surface area (Å²) in [5.41, 5.74) is 0. The van der Waals surface area contributed by atoms with Gasteiger partial charge < -0.3 is 14.6 Å². The highest BCUT2D eigenvalue weighted by Gasteiger charge is 2.59. The van der Waals surface area contributed by atoms with Gasteiger partial charge in [-0.25, -0.2) is 0 Å². The van der Waals surface area contributed by atoms with E-state index in [-0.39, 0.29) is 17.8 Å². The Labute approximate surface area is 82.5 Å². The number of methoxy groups -OCH3 is 2. The van der Waals surface area contributed by atoms with Gasteiger partial charge in [0.15, 0.2) is 5.79 Å². The molecular formula is C10H14O4. The average Bonchev–Trinajstić information content (AvgIpc) is 2.69. The molecule has 3 atom stereocenters. The van der Waals surface area contributed by atoms with Crippen LogP contribution in [0.5, 0.6) is 0 Å². The van der Waals surface area contributed by atoms with Crippen LogP contribution in [0.15, 0.2) is 12.2 Å². The lowest BCUT2D eigenvalue weighted by molar-refractivity contribution is -0.232. The van der Waals surface area contributed by atoms with Crippen molar-refractivity contribution < 1.29 is 19.4 Å². The Morgan fingerprint density at radius 1 is 1.43 bits per heavy atom. The predicted octanol–water partition coefficient (Wildman–Crippen LogP) is 0.882. The molecule has 1 saturated carbocycles. The third-order valence-corrected chi connectivity index (χ3v) is 3.43. The SMILES string of the molecule is COC1(OC)C2C=CC1C(C(=O)O)C2. The van der Waals surface area contributed by atoms with Crippen molar-refractivity contribution in [2.24, 2.45) is 17.8 Å². The molecule has 2 rings (SSSR count). The average molecular weight is 198 g/mol. The first kappa shape index (κ1) is 9.68. The molecule has 3 unspecified atom stereocenters. The normalized spacial score (nSPS) is 37.7. The van der Waals surface area contributed by atoms with Gasteiger partial charge in [0.05, 0.1) is 5.92 Å². The van der Waals surface area contributed by atoms with Gasteiger partial charge in [-0.2, -0.15) is 0 Å². The number of carboxylic acid groups (broad SMARTS) is 1. The summed E-state index contributed by atoms with van der Waals surface area (Å²) < 4.78 is 10.7. The first-order chi connectivity index (χ1) is 6.65. The highest BCUT2D eigenvalue weighted by molar-refractivity contribution is 5.72. The van der Waals surface area contributed by atoms with Crippen LogP contribution in [-0.2, 0) is 14.3 Å². The maximum Gasteiger partial charge on any atom is 0.307 e. The van der Waals surface area contributed by atoms with E-state index in [2.05, 4.69) is 0 Å². The van der Waals surface area contributed by atoms with Crippen LogP contribution in [0, 0.1) is 17.8 Å². The van der Waals surface area contributed by atoms with Gasteiger partial charge in [0.2, 0.25) is 0 Å². The zero-order chi connectivity index (χ0) is 10.3. The maximum absolute atomic E-state index is 11.0. The summed E-state index contributed by atoms with van der Waals surface area (Å²) in [6.07, 6.45) is 4.51. The van der Waals surface area contributed by atoms with E-state index in [9.17, 15) is 4.79 Å². The molecule has 0 aromatic rings. The summed E-state index contributed by atoms with van der Waals surface area (Å²) in [4.78, 5) is 11.0. The molecule has 0 radical (unpaired) electrons. The van der Waals surface area contributed by atoms with Crippen LogP contribution in [0.1, 0.15) is 6.42 Å². The Morgan fingerprint density at radius 2 is 2.07 bits per heavy atom. The van der Waals surface area contributed by atoms with E-state index in [1.807, 2.05) is 12.2 Å². The fourth-order valence-corrected chi connectivity index (χ4v) is 2.76. The highest BCUT2D eigenvalue weighted by atomic mass is 16.7. The summed E-state index contributed by atoms with van der Waals surface area (Å²) in [5, 5.41) is 9.01. The van der Waals surface area contributed by atoms with Crippen LogP contribution in [0.25, 0.3) is 0 Å². The van der Waals surface area contributed by atoms with Gasteiger partial charge >= 0.3 is 5.97 Å². The van der Waals surface area contributed by atoms with Gasteiger partial charge in [0.1, 0.15) is 0 Å². The first-order valence-corrected chi connectivity index (χ1v) is 4.67. The lowest BCUT2D eigenvalue weighted by Gasteiger charge is -2.31. The minimum atomic E-state index is -0.764. The van der Waals surface area contributed by atoms with Gasteiger partial charge in [-0.1, -0.05) is 12.2 Å². The van der Waals surface area contributed by atoms with Crippen molar-refractivity contribution in [2.75, 3.05) is 14.2 Å². The summed E-state index contributed by atoms with van der Waals surface area (Å²) in [6, 6.07) is 0. The molecule has 2 aliphatic carbocycles. The summed E-state index contributed by atoms with van der Waals surface area (Å²) in [6.45, 7) is 0.